The number of nitrogens with two attached hydrogens (primary N) is 1. The van der Waals surface area contributed by atoms with Crippen LogP contribution in [0.2, 0.25) is 0 Å². The SMILES string of the molecule is COc1cn(-c2ccccc2OC(F)F)nc(C(C=CN)=Nc2ccccc2)c1=O. The van der Waals surface area contributed by atoms with Crippen molar-refractivity contribution in [1.29, 1.82) is 0 Å². The van der Waals surface area contributed by atoms with E-state index in [0.29, 0.717) is 5.69 Å². The first-order valence-electron chi connectivity index (χ1n) is 8.78. The smallest absolute Gasteiger partial charge is 0.387 e. The normalized spacial score (nSPS) is 11.8. The second kappa shape index (κ2) is 9.46. The first kappa shape index (κ1) is 20.7. The van der Waals surface area contributed by atoms with E-state index in [-0.39, 0.29) is 28.6 Å². The number of alkyl halides is 2. The minimum absolute atomic E-state index is 0.0574. The Balaban J connectivity index is 2.22. The number of hydrogen-bond donors (Lipinski definition) is 1. The zero-order chi connectivity index (χ0) is 21.5. The molecule has 0 aliphatic heterocycles. The number of ether oxygens (including phenoxy) is 2. The van der Waals surface area contributed by atoms with Gasteiger partial charge in [-0.3, -0.25) is 4.79 Å². The molecule has 0 spiro atoms. The van der Waals surface area contributed by atoms with Crippen LogP contribution in [0.4, 0.5) is 14.5 Å². The van der Waals surface area contributed by atoms with E-state index in [2.05, 4.69) is 14.8 Å². The van der Waals surface area contributed by atoms with Crippen LogP contribution in [0, 0.1) is 0 Å². The molecule has 154 valence electrons. The Kier molecular flexibility index (Phi) is 6.53. The Morgan fingerprint density at radius 2 is 1.83 bits per heavy atom. The van der Waals surface area contributed by atoms with Gasteiger partial charge in [0.1, 0.15) is 5.69 Å². The third-order valence-corrected chi connectivity index (χ3v) is 3.94. The number of para-hydroxylation sites is 3. The van der Waals surface area contributed by atoms with Gasteiger partial charge >= 0.3 is 6.61 Å². The Labute approximate surface area is 170 Å². The van der Waals surface area contributed by atoms with Gasteiger partial charge in [-0.1, -0.05) is 30.3 Å². The second-order valence-corrected chi connectivity index (χ2v) is 5.86. The molecule has 0 aliphatic rings. The van der Waals surface area contributed by atoms with Gasteiger partial charge in [-0.25, -0.2) is 9.67 Å². The summed E-state index contributed by atoms with van der Waals surface area (Å²) in [5.41, 5.74) is 5.86. The summed E-state index contributed by atoms with van der Waals surface area (Å²) >= 11 is 0. The number of aliphatic imine (C=N–C) groups is 1. The van der Waals surface area contributed by atoms with E-state index in [1.165, 1.54) is 42.4 Å². The minimum atomic E-state index is -3.03. The first-order chi connectivity index (χ1) is 14.5. The minimum Gasteiger partial charge on any atom is -0.491 e. The third kappa shape index (κ3) is 4.69. The Bertz CT molecular complexity index is 1130. The second-order valence-electron chi connectivity index (χ2n) is 5.86. The molecule has 9 heteroatoms. The molecule has 30 heavy (non-hydrogen) atoms. The van der Waals surface area contributed by atoms with E-state index in [1.807, 2.05) is 6.07 Å². The van der Waals surface area contributed by atoms with Crippen LogP contribution in [-0.2, 0) is 0 Å². The summed E-state index contributed by atoms with van der Waals surface area (Å²) in [5, 5.41) is 4.30. The number of hydrogen-bond acceptors (Lipinski definition) is 6. The molecule has 0 saturated heterocycles. The van der Waals surface area contributed by atoms with Crippen molar-refractivity contribution < 1.29 is 18.3 Å². The van der Waals surface area contributed by atoms with Gasteiger partial charge in [0.2, 0.25) is 0 Å². The van der Waals surface area contributed by atoms with E-state index in [1.54, 1.807) is 36.4 Å². The molecule has 0 aliphatic carbocycles. The highest BCUT2D eigenvalue weighted by Crippen LogP contribution is 2.24. The molecule has 0 atom stereocenters. The van der Waals surface area contributed by atoms with Crippen LogP contribution in [0.1, 0.15) is 5.69 Å². The Morgan fingerprint density at radius 3 is 2.50 bits per heavy atom. The van der Waals surface area contributed by atoms with E-state index in [9.17, 15) is 13.6 Å². The molecule has 0 amide bonds. The van der Waals surface area contributed by atoms with Gasteiger partial charge in [0.15, 0.2) is 17.2 Å². The molecule has 3 aromatic rings. The molecule has 0 unspecified atom stereocenters. The highest BCUT2D eigenvalue weighted by molar-refractivity contribution is 6.08. The van der Waals surface area contributed by atoms with Gasteiger partial charge in [0.05, 0.1) is 24.7 Å². The summed E-state index contributed by atoms with van der Waals surface area (Å²) < 4.78 is 36.6. The predicted molar refractivity (Wildman–Crippen MR) is 109 cm³/mol. The largest absolute Gasteiger partial charge is 0.491 e. The van der Waals surface area contributed by atoms with Crippen molar-refractivity contribution >= 4 is 11.4 Å². The van der Waals surface area contributed by atoms with E-state index in [4.69, 9.17) is 10.5 Å². The average Bonchev–Trinajstić information content (AvgIpc) is 2.74. The molecule has 2 aromatic carbocycles. The molecular formula is C21H18F2N4O3. The average molecular weight is 412 g/mol. The molecule has 0 fully saturated rings. The van der Waals surface area contributed by atoms with Crippen LogP contribution in [0.5, 0.6) is 11.5 Å². The highest BCUT2D eigenvalue weighted by Gasteiger charge is 2.18. The van der Waals surface area contributed by atoms with Gasteiger partial charge in [-0.05, 0) is 36.5 Å². The van der Waals surface area contributed by atoms with Crippen molar-refractivity contribution in [3.63, 3.8) is 0 Å². The summed E-state index contributed by atoms with van der Waals surface area (Å²) in [6.45, 7) is -3.03. The van der Waals surface area contributed by atoms with Crippen molar-refractivity contribution in [2.24, 2.45) is 10.7 Å². The molecule has 7 nitrogen and oxygen atoms in total. The van der Waals surface area contributed by atoms with Crippen molar-refractivity contribution in [3.8, 4) is 17.2 Å². The first-order valence-corrected chi connectivity index (χ1v) is 8.78. The summed E-state index contributed by atoms with van der Waals surface area (Å²) in [4.78, 5) is 17.3. The fourth-order valence-corrected chi connectivity index (χ4v) is 2.65. The third-order valence-electron chi connectivity index (χ3n) is 3.94. The van der Waals surface area contributed by atoms with Gasteiger partial charge in [0, 0.05) is 0 Å². The fraction of sp³-hybridized carbons (Fsp3) is 0.0952. The van der Waals surface area contributed by atoms with Gasteiger partial charge < -0.3 is 15.2 Å². The molecule has 2 N–H and O–H groups in total. The maximum atomic E-state index is 12.8. The highest BCUT2D eigenvalue weighted by atomic mass is 19.3. The van der Waals surface area contributed by atoms with Crippen molar-refractivity contribution in [3.05, 3.63) is 89.0 Å². The Morgan fingerprint density at radius 1 is 1.13 bits per heavy atom. The van der Waals surface area contributed by atoms with Crippen molar-refractivity contribution in [2.45, 2.75) is 6.61 Å². The quantitative estimate of drug-likeness (QED) is 0.601. The standard InChI is InChI=1S/C21H18F2N4O3/c1-29-18-13-27(16-9-5-6-10-17(16)30-21(22)23)26-19(20(18)28)15(11-12-24)25-14-7-3-2-4-8-14/h2-13,21H,24H2,1H3. The van der Waals surface area contributed by atoms with Crippen molar-refractivity contribution in [1.82, 2.24) is 9.78 Å². The lowest BCUT2D eigenvalue weighted by atomic mass is 10.2. The van der Waals surface area contributed by atoms with Crippen LogP contribution in [0.25, 0.3) is 5.69 Å². The molecular weight excluding hydrogens is 394 g/mol. The lowest BCUT2D eigenvalue weighted by molar-refractivity contribution is -0.0499. The number of methoxy groups -OCH3 is 1. The summed E-state index contributed by atoms with van der Waals surface area (Å²) in [6.07, 6.45) is 3.93. The molecule has 1 heterocycles. The van der Waals surface area contributed by atoms with Gasteiger partial charge in [-0.15, -0.1) is 0 Å². The number of nitrogens with zero attached hydrogens (tertiary/aromatic N) is 3. The van der Waals surface area contributed by atoms with Crippen LogP contribution in [-0.4, -0.2) is 29.2 Å². The zero-order valence-corrected chi connectivity index (χ0v) is 15.9. The van der Waals surface area contributed by atoms with E-state index in [0.717, 1.165) is 0 Å². The maximum absolute atomic E-state index is 12.8. The predicted octanol–water partition coefficient (Wildman–Crippen LogP) is 3.44. The van der Waals surface area contributed by atoms with Crippen LogP contribution >= 0.6 is 0 Å². The maximum Gasteiger partial charge on any atom is 0.387 e. The lowest BCUT2D eigenvalue weighted by Gasteiger charge is -2.14. The number of allylic oxidation sites excluding steroid dienone is 1. The fourth-order valence-electron chi connectivity index (χ4n) is 2.65. The summed E-state index contributed by atoms with van der Waals surface area (Å²) in [6, 6.07) is 14.9. The molecule has 3 rings (SSSR count). The lowest BCUT2D eigenvalue weighted by Crippen LogP contribution is -2.23. The Hall–Kier alpha value is -4.01. The van der Waals surface area contributed by atoms with E-state index >= 15 is 0 Å². The molecule has 0 radical (unpaired) electrons. The van der Waals surface area contributed by atoms with Crippen LogP contribution < -0.4 is 20.6 Å². The number of aromatic nitrogens is 2. The van der Waals surface area contributed by atoms with Crippen LogP contribution in [0.15, 0.2) is 82.9 Å². The van der Waals surface area contributed by atoms with Gasteiger partial charge in [-0.2, -0.15) is 13.9 Å². The zero-order valence-electron chi connectivity index (χ0n) is 15.9. The number of benzene rings is 2. The summed E-state index contributed by atoms with van der Waals surface area (Å²) in [5.74, 6) is -0.175. The van der Waals surface area contributed by atoms with Crippen molar-refractivity contribution in [2.75, 3.05) is 7.11 Å². The summed E-state index contributed by atoms with van der Waals surface area (Å²) in [7, 11) is 1.32. The number of rotatable bonds is 7. The molecule has 0 bridgehead atoms. The topological polar surface area (TPSA) is 91.7 Å². The molecule has 0 saturated carbocycles. The van der Waals surface area contributed by atoms with E-state index < -0.39 is 12.0 Å². The number of halogens is 2. The van der Waals surface area contributed by atoms with Crippen LogP contribution in [0.3, 0.4) is 0 Å². The molecule has 1 aromatic heterocycles. The van der Waals surface area contributed by atoms with Gasteiger partial charge in [0.25, 0.3) is 5.43 Å². The monoisotopic (exact) mass is 412 g/mol.